The van der Waals surface area contributed by atoms with E-state index in [-0.39, 0.29) is 0 Å². The molecule has 0 heterocycles. The fraction of sp³-hybridized carbons (Fsp3) is 0.188. The van der Waals surface area contributed by atoms with E-state index in [1.165, 1.54) is 5.56 Å². The molecule has 2 aromatic carbocycles. The minimum Gasteiger partial charge on any atom is -0.410 e. The summed E-state index contributed by atoms with van der Waals surface area (Å²) in [7, 11) is 1.93. The molecule has 0 unspecified atom stereocenters. The van der Waals surface area contributed by atoms with Crippen molar-refractivity contribution in [3.8, 4) is 0 Å². The van der Waals surface area contributed by atoms with Gasteiger partial charge in [0.05, 0.1) is 0 Å². The lowest BCUT2D eigenvalue weighted by molar-refractivity contribution is 0.319. The zero-order valence-electron chi connectivity index (χ0n) is 11.0. The Morgan fingerprint density at radius 2 is 1.74 bits per heavy atom. The molecule has 3 nitrogen and oxygen atoms in total. The van der Waals surface area contributed by atoms with Crippen molar-refractivity contribution < 1.29 is 5.21 Å². The average Bonchev–Trinajstić information content (AvgIpc) is 2.48. The summed E-state index contributed by atoms with van der Waals surface area (Å²) >= 11 is 0. The second-order valence-electron chi connectivity index (χ2n) is 4.33. The summed E-state index contributed by atoms with van der Waals surface area (Å²) < 4.78 is 0. The van der Waals surface area contributed by atoms with Crippen molar-refractivity contribution in [3.05, 3.63) is 71.3 Å². The third kappa shape index (κ3) is 3.20. The van der Waals surface area contributed by atoms with Gasteiger partial charge in [-0.05, 0) is 25.6 Å². The van der Waals surface area contributed by atoms with Crippen molar-refractivity contribution in [2.24, 2.45) is 5.16 Å². The molecule has 0 saturated heterocycles. The van der Waals surface area contributed by atoms with Crippen LogP contribution in [0.15, 0.2) is 59.8 Å². The predicted octanol–water partition coefficient (Wildman–Crippen LogP) is 2.68. The van der Waals surface area contributed by atoms with Crippen LogP contribution in [0.3, 0.4) is 0 Å². The molecule has 2 rings (SSSR count). The largest absolute Gasteiger partial charge is 0.410 e. The lowest BCUT2D eigenvalue weighted by atomic mass is 9.96. The van der Waals surface area contributed by atoms with Crippen LogP contribution >= 0.6 is 0 Å². The van der Waals surface area contributed by atoms with Crippen LogP contribution in [0.5, 0.6) is 0 Å². The molecule has 0 aliphatic carbocycles. The van der Waals surface area contributed by atoms with Gasteiger partial charge in [0.2, 0.25) is 0 Å². The Morgan fingerprint density at radius 3 is 2.42 bits per heavy atom. The number of rotatable bonds is 5. The van der Waals surface area contributed by atoms with Crippen LogP contribution in [0.25, 0.3) is 0 Å². The summed E-state index contributed by atoms with van der Waals surface area (Å²) in [5, 5.41) is 16.0. The van der Waals surface area contributed by atoms with Crippen molar-refractivity contribution in [2.45, 2.75) is 6.42 Å². The van der Waals surface area contributed by atoms with E-state index in [9.17, 15) is 5.21 Å². The van der Waals surface area contributed by atoms with Gasteiger partial charge in [-0.25, -0.2) is 0 Å². The summed E-state index contributed by atoms with van der Waals surface area (Å²) in [6.45, 7) is 0.893. The summed E-state index contributed by atoms with van der Waals surface area (Å²) in [6, 6.07) is 17.8. The predicted molar refractivity (Wildman–Crippen MR) is 77.9 cm³/mol. The van der Waals surface area contributed by atoms with Gasteiger partial charge in [-0.3, -0.25) is 0 Å². The Kier molecular flexibility index (Phi) is 4.70. The molecule has 0 atom stereocenters. The van der Waals surface area contributed by atoms with Gasteiger partial charge >= 0.3 is 0 Å². The van der Waals surface area contributed by atoms with Gasteiger partial charge in [0.25, 0.3) is 0 Å². The third-order valence-electron chi connectivity index (χ3n) is 3.06. The van der Waals surface area contributed by atoms with Gasteiger partial charge in [0, 0.05) is 11.1 Å². The van der Waals surface area contributed by atoms with Crippen LogP contribution in [0.4, 0.5) is 0 Å². The first-order valence-electron chi connectivity index (χ1n) is 6.37. The normalized spacial score (nSPS) is 11.5. The SMILES string of the molecule is CNCCc1ccccc1/C(=N\O)c1ccccc1. The van der Waals surface area contributed by atoms with Gasteiger partial charge in [-0.1, -0.05) is 59.8 Å². The minimum absolute atomic E-state index is 0.618. The molecule has 3 heteroatoms. The molecule has 0 aromatic heterocycles. The minimum atomic E-state index is 0.618. The van der Waals surface area contributed by atoms with Gasteiger partial charge in [-0.15, -0.1) is 0 Å². The monoisotopic (exact) mass is 254 g/mol. The van der Waals surface area contributed by atoms with Gasteiger partial charge in [0.15, 0.2) is 0 Å². The van der Waals surface area contributed by atoms with Crippen molar-refractivity contribution in [2.75, 3.05) is 13.6 Å². The molecule has 0 bridgehead atoms. The Balaban J connectivity index is 2.39. The van der Waals surface area contributed by atoms with E-state index in [1.54, 1.807) is 0 Å². The molecule has 0 spiro atoms. The second-order valence-corrected chi connectivity index (χ2v) is 4.33. The molecule has 0 aliphatic heterocycles. The maximum atomic E-state index is 9.36. The molecule has 2 N–H and O–H groups in total. The first kappa shape index (κ1) is 13.3. The summed E-state index contributed by atoms with van der Waals surface area (Å²) in [5.41, 5.74) is 3.69. The topological polar surface area (TPSA) is 44.6 Å². The van der Waals surface area contributed by atoms with E-state index in [0.29, 0.717) is 5.71 Å². The number of hydrogen-bond donors (Lipinski definition) is 2. The Bertz CT molecular complexity index is 550. The lowest BCUT2D eigenvalue weighted by Crippen LogP contribution is -2.14. The number of nitrogens with one attached hydrogen (secondary N) is 1. The van der Waals surface area contributed by atoms with Crippen molar-refractivity contribution >= 4 is 5.71 Å². The molecule has 0 aliphatic rings. The van der Waals surface area contributed by atoms with E-state index < -0.39 is 0 Å². The molecular formula is C16H18N2O. The fourth-order valence-electron chi connectivity index (χ4n) is 2.09. The summed E-state index contributed by atoms with van der Waals surface area (Å²) in [5.74, 6) is 0. The van der Waals surface area contributed by atoms with Crippen LogP contribution in [0.2, 0.25) is 0 Å². The maximum Gasteiger partial charge on any atom is 0.117 e. The molecule has 98 valence electrons. The van der Waals surface area contributed by atoms with E-state index >= 15 is 0 Å². The fourth-order valence-corrected chi connectivity index (χ4v) is 2.09. The van der Waals surface area contributed by atoms with Crippen LogP contribution in [-0.4, -0.2) is 24.5 Å². The van der Waals surface area contributed by atoms with E-state index in [0.717, 1.165) is 24.1 Å². The first-order chi connectivity index (χ1) is 9.36. The Hall–Kier alpha value is -2.13. The Labute approximate surface area is 113 Å². The molecule has 0 saturated carbocycles. The zero-order valence-corrected chi connectivity index (χ0v) is 11.0. The number of hydrogen-bond acceptors (Lipinski definition) is 3. The quantitative estimate of drug-likeness (QED) is 0.489. The lowest BCUT2D eigenvalue weighted by Gasteiger charge is -2.11. The standard InChI is InChI=1S/C16H18N2O/c1-17-12-11-13-7-5-6-10-15(13)16(18-19)14-8-3-2-4-9-14/h2-10,17,19H,11-12H2,1H3/b18-16-. The summed E-state index contributed by atoms with van der Waals surface area (Å²) in [4.78, 5) is 0. The molecule has 19 heavy (non-hydrogen) atoms. The maximum absolute atomic E-state index is 9.36. The number of nitrogens with zero attached hydrogens (tertiary/aromatic N) is 1. The molecular weight excluding hydrogens is 236 g/mol. The van der Waals surface area contributed by atoms with E-state index in [4.69, 9.17) is 0 Å². The van der Waals surface area contributed by atoms with E-state index in [1.807, 2.05) is 55.6 Å². The third-order valence-corrected chi connectivity index (χ3v) is 3.06. The van der Waals surface area contributed by atoms with Crippen molar-refractivity contribution in [3.63, 3.8) is 0 Å². The Morgan fingerprint density at radius 1 is 1.05 bits per heavy atom. The first-order valence-corrected chi connectivity index (χ1v) is 6.37. The van der Waals surface area contributed by atoms with E-state index in [2.05, 4.69) is 16.5 Å². The van der Waals surface area contributed by atoms with Gasteiger partial charge in [-0.2, -0.15) is 0 Å². The van der Waals surface area contributed by atoms with Gasteiger partial charge < -0.3 is 10.5 Å². The average molecular weight is 254 g/mol. The number of likely N-dealkylation sites (N-methyl/N-ethyl adjacent to an activating group) is 1. The molecule has 0 radical (unpaired) electrons. The smallest absolute Gasteiger partial charge is 0.117 e. The second kappa shape index (κ2) is 6.71. The van der Waals surface area contributed by atoms with Crippen molar-refractivity contribution in [1.82, 2.24) is 5.32 Å². The van der Waals surface area contributed by atoms with Crippen LogP contribution < -0.4 is 5.32 Å². The number of benzene rings is 2. The van der Waals surface area contributed by atoms with Crippen LogP contribution in [0.1, 0.15) is 16.7 Å². The van der Waals surface area contributed by atoms with Crippen molar-refractivity contribution in [1.29, 1.82) is 0 Å². The highest BCUT2D eigenvalue weighted by molar-refractivity contribution is 6.13. The molecule has 0 amide bonds. The van der Waals surface area contributed by atoms with Gasteiger partial charge in [0.1, 0.15) is 5.71 Å². The molecule has 0 fully saturated rings. The van der Waals surface area contributed by atoms with Crippen LogP contribution in [0, 0.1) is 0 Å². The number of oxime groups is 1. The highest BCUT2D eigenvalue weighted by atomic mass is 16.4. The summed E-state index contributed by atoms with van der Waals surface area (Å²) in [6.07, 6.45) is 0.901. The molecule has 2 aromatic rings. The van der Waals surface area contributed by atoms with Crippen LogP contribution in [-0.2, 0) is 6.42 Å². The highest BCUT2D eigenvalue weighted by Crippen LogP contribution is 2.16. The zero-order chi connectivity index (χ0) is 13.5. The highest BCUT2D eigenvalue weighted by Gasteiger charge is 2.11.